The number of rotatable bonds is 1. The molecule has 4 heteroatoms. The molecule has 0 aromatic rings. The largest absolute Gasteiger partial charge is 0.297 e. The maximum absolute atomic E-state index is 11.2. The molecule has 1 fully saturated rings. The van der Waals surface area contributed by atoms with Crippen molar-refractivity contribution in [1.82, 2.24) is 0 Å². The fourth-order valence-corrected chi connectivity index (χ4v) is 2.66. The maximum Gasteiger partial charge on any atom is 0.150 e. The SMILES string of the molecule is C/N=C1\CCC[C@@H](S(C)(=O)=O)C1. The van der Waals surface area contributed by atoms with Crippen LogP contribution in [-0.2, 0) is 9.84 Å². The summed E-state index contributed by atoms with van der Waals surface area (Å²) in [4.78, 5) is 4.06. The van der Waals surface area contributed by atoms with Crippen LogP contribution in [0.25, 0.3) is 0 Å². The average molecular weight is 189 g/mol. The van der Waals surface area contributed by atoms with Gasteiger partial charge in [0.1, 0.15) is 0 Å². The van der Waals surface area contributed by atoms with E-state index in [1.54, 1.807) is 7.05 Å². The van der Waals surface area contributed by atoms with Gasteiger partial charge in [-0.05, 0) is 19.3 Å². The first-order valence-electron chi connectivity index (χ1n) is 4.17. The van der Waals surface area contributed by atoms with E-state index in [2.05, 4.69) is 4.99 Å². The molecule has 0 spiro atoms. The van der Waals surface area contributed by atoms with Crippen LogP contribution >= 0.6 is 0 Å². The molecule has 0 aliphatic heterocycles. The second-order valence-corrected chi connectivity index (χ2v) is 5.66. The molecule has 0 aromatic heterocycles. The molecular formula is C8H15NO2S. The number of hydrogen-bond donors (Lipinski definition) is 0. The van der Waals surface area contributed by atoms with E-state index in [-0.39, 0.29) is 5.25 Å². The van der Waals surface area contributed by atoms with Gasteiger partial charge in [-0.2, -0.15) is 0 Å². The third kappa shape index (κ3) is 2.30. The topological polar surface area (TPSA) is 46.5 Å². The first kappa shape index (κ1) is 9.71. The Labute approximate surface area is 73.8 Å². The Morgan fingerprint density at radius 1 is 1.50 bits per heavy atom. The van der Waals surface area contributed by atoms with E-state index >= 15 is 0 Å². The summed E-state index contributed by atoms with van der Waals surface area (Å²) in [5.74, 6) is 0. The van der Waals surface area contributed by atoms with Crippen molar-refractivity contribution in [2.24, 2.45) is 4.99 Å². The predicted molar refractivity (Wildman–Crippen MR) is 50.5 cm³/mol. The molecule has 70 valence electrons. The molecule has 1 saturated carbocycles. The monoisotopic (exact) mass is 189 g/mol. The second-order valence-electron chi connectivity index (χ2n) is 3.34. The van der Waals surface area contributed by atoms with Gasteiger partial charge in [0.05, 0.1) is 5.25 Å². The third-order valence-electron chi connectivity index (χ3n) is 2.38. The standard InChI is InChI=1S/C8H15NO2S/c1-9-7-4-3-5-8(6-7)12(2,10)11/h8H,3-6H2,1-2H3/b9-7+/t8-/m1/s1. The van der Waals surface area contributed by atoms with Crippen LogP contribution in [-0.4, -0.2) is 32.7 Å². The molecule has 0 aromatic carbocycles. The molecule has 0 amide bonds. The molecular weight excluding hydrogens is 174 g/mol. The quantitative estimate of drug-likeness (QED) is 0.619. The van der Waals surface area contributed by atoms with E-state index in [4.69, 9.17) is 0 Å². The summed E-state index contributed by atoms with van der Waals surface area (Å²) in [6.07, 6.45) is 4.70. The molecule has 0 bridgehead atoms. The molecule has 1 rings (SSSR count). The Morgan fingerprint density at radius 3 is 2.67 bits per heavy atom. The molecule has 0 heterocycles. The van der Waals surface area contributed by atoms with Gasteiger partial charge in [0.25, 0.3) is 0 Å². The van der Waals surface area contributed by atoms with Crippen LogP contribution in [0, 0.1) is 0 Å². The summed E-state index contributed by atoms with van der Waals surface area (Å²) < 4.78 is 22.4. The van der Waals surface area contributed by atoms with Crippen molar-refractivity contribution in [2.45, 2.75) is 30.9 Å². The van der Waals surface area contributed by atoms with E-state index in [1.807, 2.05) is 0 Å². The van der Waals surface area contributed by atoms with Crippen LogP contribution in [0.1, 0.15) is 25.7 Å². The number of nitrogens with zero attached hydrogens (tertiary/aromatic N) is 1. The van der Waals surface area contributed by atoms with Crippen LogP contribution in [0.5, 0.6) is 0 Å². The van der Waals surface area contributed by atoms with Crippen molar-refractivity contribution >= 4 is 15.5 Å². The summed E-state index contributed by atoms with van der Waals surface area (Å²) in [6, 6.07) is 0. The summed E-state index contributed by atoms with van der Waals surface area (Å²) in [5.41, 5.74) is 1.05. The highest BCUT2D eigenvalue weighted by Crippen LogP contribution is 2.21. The maximum atomic E-state index is 11.2. The van der Waals surface area contributed by atoms with Gasteiger partial charge in [0.2, 0.25) is 0 Å². The van der Waals surface area contributed by atoms with Crippen molar-refractivity contribution < 1.29 is 8.42 Å². The van der Waals surface area contributed by atoms with Gasteiger partial charge in [-0.3, -0.25) is 4.99 Å². The predicted octanol–water partition coefficient (Wildman–Crippen LogP) is 1.04. The van der Waals surface area contributed by atoms with Crippen molar-refractivity contribution in [3.8, 4) is 0 Å². The lowest BCUT2D eigenvalue weighted by Crippen LogP contribution is -2.27. The van der Waals surface area contributed by atoms with E-state index in [0.717, 1.165) is 25.0 Å². The highest BCUT2D eigenvalue weighted by atomic mass is 32.2. The smallest absolute Gasteiger partial charge is 0.150 e. The molecule has 1 aliphatic carbocycles. The Hall–Kier alpha value is -0.380. The Kier molecular flexibility index (Phi) is 2.88. The van der Waals surface area contributed by atoms with Crippen molar-refractivity contribution in [3.05, 3.63) is 0 Å². The zero-order valence-corrected chi connectivity index (χ0v) is 8.39. The van der Waals surface area contributed by atoms with Crippen LogP contribution in [0.3, 0.4) is 0 Å². The lowest BCUT2D eigenvalue weighted by Gasteiger charge is -2.21. The molecule has 3 nitrogen and oxygen atoms in total. The van der Waals surface area contributed by atoms with Gasteiger partial charge in [0.15, 0.2) is 9.84 Å². The minimum atomic E-state index is -2.85. The minimum absolute atomic E-state index is 0.176. The Bertz CT molecular complexity index is 279. The van der Waals surface area contributed by atoms with Gasteiger partial charge in [-0.1, -0.05) is 0 Å². The molecule has 12 heavy (non-hydrogen) atoms. The fraction of sp³-hybridized carbons (Fsp3) is 0.875. The average Bonchev–Trinajstić information content (AvgIpc) is 2.03. The van der Waals surface area contributed by atoms with Crippen LogP contribution in [0.15, 0.2) is 4.99 Å². The Morgan fingerprint density at radius 2 is 2.17 bits per heavy atom. The zero-order chi connectivity index (χ0) is 9.19. The van der Waals surface area contributed by atoms with Gasteiger partial charge >= 0.3 is 0 Å². The van der Waals surface area contributed by atoms with Gasteiger partial charge < -0.3 is 0 Å². The molecule has 1 aliphatic rings. The van der Waals surface area contributed by atoms with Crippen LogP contribution < -0.4 is 0 Å². The van der Waals surface area contributed by atoms with Gasteiger partial charge in [-0.15, -0.1) is 0 Å². The number of hydrogen-bond acceptors (Lipinski definition) is 3. The van der Waals surface area contributed by atoms with Crippen molar-refractivity contribution in [1.29, 1.82) is 0 Å². The first-order chi connectivity index (χ1) is 5.54. The van der Waals surface area contributed by atoms with Gasteiger partial charge in [0, 0.05) is 25.4 Å². The Balaban J connectivity index is 2.71. The lowest BCUT2D eigenvalue weighted by atomic mass is 9.98. The molecule has 0 unspecified atom stereocenters. The summed E-state index contributed by atoms with van der Waals surface area (Å²) >= 11 is 0. The van der Waals surface area contributed by atoms with Crippen molar-refractivity contribution in [3.63, 3.8) is 0 Å². The van der Waals surface area contributed by atoms with E-state index in [9.17, 15) is 8.42 Å². The summed E-state index contributed by atoms with van der Waals surface area (Å²) in [5, 5.41) is -0.176. The molecule has 0 saturated heterocycles. The summed E-state index contributed by atoms with van der Waals surface area (Å²) in [6.45, 7) is 0. The minimum Gasteiger partial charge on any atom is -0.297 e. The first-order valence-corrected chi connectivity index (χ1v) is 6.13. The van der Waals surface area contributed by atoms with Crippen LogP contribution in [0.2, 0.25) is 0 Å². The third-order valence-corrected chi connectivity index (χ3v) is 3.99. The fourth-order valence-electron chi connectivity index (χ4n) is 1.57. The normalized spacial score (nSPS) is 29.2. The number of aliphatic imine (C=N–C) groups is 1. The molecule has 0 N–H and O–H groups in total. The molecule has 1 atom stereocenters. The van der Waals surface area contributed by atoms with Crippen LogP contribution in [0.4, 0.5) is 0 Å². The van der Waals surface area contributed by atoms with E-state index in [1.165, 1.54) is 6.26 Å². The second kappa shape index (κ2) is 3.56. The highest BCUT2D eigenvalue weighted by Gasteiger charge is 2.25. The molecule has 0 radical (unpaired) electrons. The summed E-state index contributed by atoms with van der Waals surface area (Å²) in [7, 11) is -1.11. The van der Waals surface area contributed by atoms with Crippen molar-refractivity contribution in [2.75, 3.05) is 13.3 Å². The van der Waals surface area contributed by atoms with Gasteiger partial charge in [-0.25, -0.2) is 8.42 Å². The lowest BCUT2D eigenvalue weighted by molar-refractivity contribution is 0.565. The van der Waals surface area contributed by atoms with E-state index in [0.29, 0.717) is 6.42 Å². The zero-order valence-electron chi connectivity index (χ0n) is 7.58. The number of sulfone groups is 1. The highest BCUT2D eigenvalue weighted by molar-refractivity contribution is 7.91. The van der Waals surface area contributed by atoms with E-state index < -0.39 is 9.84 Å².